The summed E-state index contributed by atoms with van der Waals surface area (Å²) in [6, 6.07) is 36.6. The van der Waals surface area contributed by atoms with Gasteiger partial charge in [0.2, 0.25) is 0 Å². The van der Waals surface area contributed by atoms with Crippen LogP contribution in [0.4, 0.5) is 0 Å². The van der Waals surface area contributed by atoms with Crippen molar-refractivity contribution in [1.82, 2.24) is 9.55 Å². The van der Waals surface area contributed by atoms with E-state index in [1.807, 2.05) is 18.5 Å². The predicted molar refractivity (Wildman–Crippen MR) is 122 cm³/mol. The first-order valence-corrected chi connectivity index (χ1v) is 9.81. The standard InChI is InChI=1S/C27H18N2/c1-2-9-24-19(6-1)12-13-22-16-21(14-15-25(22)24)20-7-5-8-23(17-20)29-18-28-26-10-3-4-11-27(26)29/h1-18H. The first-order chi connectivity index (χ1) is 14.4. The average molecular weight is 370 g/mol. The number of hydrogen-bond donors (Lipinski definition) is 0. The molecule has 0 radical (unpaired) electrons. The van der Waals surface area contributed by atoms with Crippen LogP contribution in [0.25, 0.3) is 49.4 Å². The highest BCUT2D eigenvalue weighted by molar-refractivity contribution is 6.08. The number of hydrogen-bond acceptors (Lipinski definition) is 1. The maximum Gasteiger partial charge on any atom is 0.100 e. The van der Waals surface area contributed by atoms with Gasteiger partial charge in [-0.1, -0.05) is 72.8 Å². The van der Waals surface area contributed by atoms with E-state index in [0.29, 0.717) is 0 Å². The zero-order valence-electron chi connectivity index (χ0n) is 15.8. The van der Waals surface area contributed by atoms with E-state index in [2.05, 4.69) is 101 Å². The van der Waals surface area contributed by atoms with Crippen LogP contribution in [0.5, 0.6) is 0 Å². The number of nitrogens with zero attached hydrogens (tertiary/aromatic N) is 2. The van der Waals surface area contributed by atoms with Gasteiger partial charge in [-0.2, -0.15) is 0 Å². The van der Waals surface area contributed by atoms with E-state index in [0.717, 1.165) is 16.7 Å². The van der Waals surface area contributed by atoms with Gasteiger partial charge in [0.1, 0.15) is 6.33 Å². The minimum Gasteiger partial charge on any atom is -0.299 e. The second-order valence-electron chi connectivity index (χ2n) is 7.38. The molecule has 2 nitrogen and oxygen atoms in total. The van der Waals surface area contributed by atoms with Gasteiger partial charge in [0.15, 0.2) is 0 Å². The van der Waals surface area contributed by atoms with E-state index in [1.165, 1.54) is 32.7 Å². The Labute approximate surface area is 168 Å². The Morgan fingerprint density at radius 1 is 0.552 bits per heavy atom. The molecule has 0 saturated carbocycles. The lowest BCUT2D eigenvalue weighted by molar-refractivity contribution is 1.09. The Kier molecular flexibility index (Phi) is 3.50. The molecule has 0 atom stereocenters. The van der Waals surface area contributed by atoms with Crippen LogP contribution >= 0.6 is 0 Å². The molecule has 0 aliphatic rings. The summed E-state index contributed by atoms with van der Waals surface area (Å²) in [5.74, 6) is 0. The van der Waals surface area contributed by atoms with E-state index in [1.54, 1.807) is 0 Å². The molecule has 0 amide bonds. The molecule has 0 bridgehead atoms. The molecule has 6 rings (SSSR count). The molecule has 1 heterocycles. The van der Waals surface area contributed by atoms with Crippen molar-refractivity contribution in [2.24, 2.45) is 0 Å². The molecule has 0 aliphatic heterocycles. The van der Waals surface area contributed by atoms with Crippen molar-refractivity contribution in [3.8, 4) is 16.8 Å². The molecule has 0 aliphatic carbocycles. The van der Waals surface area contributed by atoms with E-state index in [-0.39, 0.29) is 0 Å². The molecule has 0 N–H and O–H groups in total. The van der Waals surface area contributed by atoms with E-state index in [9.17, 15) is 0 Å². The summed E-state index contributed by atoms with van der Waals surface area (Å²) in [6.45, 7) is 0. The number of aromatic nitrogens is 2. The minimum atomic E-state index is 1.01. The van der Waals surface area contributed by atoms with Crippen LogP contribution in [0.1, 0.15) is 0 Å². The van der Waals surface area contributed by atoms with E-state index in [4.69, 9.17) is 0 Å². The van der Waals surface area contributed by atoms with E-state index >= 15 is 0 Å². The summed E-state index contributed by atoms with van der Waals surface area (Å²) in [4.78, 5) is 4.53. The topological polar surface area (TPSA) is 17.8 Å². The Bertz CT molecular complexity index is 1510. The lowest BCUT2D eigenvalue weighted by Crippen LogP contribution is -1.92. The van der Waals surface area contributed by atoms with E-state index < -0.39 is 0 Å². The molecule has 0 spiro atoms. The fourth-order valence-corrected chi connectivity index (χ4v) is 4.19. The van der Waals surface area contributed by atoms with Gasteiger partial charge in [0.05, 0.1) is 11.0 Å². The highest BCUT2D eigenvalue weighted by atomic mass is 15.0. The molecule has 0 saturated heterocycles. The monoisotopic (exact) mass is 370 g/mol. The van der Waals surface area contributed by atoms with Crippen LogP contribution in [0.3, 0.4) is 0 Å². The lowest BCUT2D eigenvalue weighted by Gasteiger charge is -2.10. The Morgan fingerprint density at radius 3 is 2.34 bits per heavy atom. The average Bonchev–Trinajstić information content (AvgIpc) is 3.23. The predicted octanol–water partition coefficient (Wildman–Crippen LogP) is 7.00. The second-order valence-corrected chi connectivity index (χ2v) is 7.38. The van der Waals surface area contributed by atoms with Gasteiger partial charge in [0.25, 0.3) is 0 Å². The zero-order chi connectivity index (χ0) is 19.2. The Balaban J connectivity index is 1.49. The normalized spacial score (nSPS) is 11.4. The summed E-state index contributed by atoms with van der Waals surface area (Å²) < 4.78 is 2.15. The molecular formula is C27H18N2. The van der Waals surface area contributed by atoms with Crippen LogP contribution in [0.15, 0.2) is 109 Å². The molecule has 0 unspecified atom stereocenters. The van der Waals surface area contributed by atoms with Gasteiger partial charge < -0.3 is 0 Å². The number of imidazole rings is 1. The lowest BCUT2D eigenvalue weighted by atomic mass is 9.97. The van der Waals surface area contributed by atoms with Gasteiger partial charge in [-0.15, -0.1) is 0 Å². The first kappa shape index (κ1) is 16.1. The third-order valence-corrected chi connectivity index (χ3v) is 5.66. The maximum atomic E-state index is 4.53. The van der Waals surface area contributed by atoms with Crippen LogP contribution in [0.2, 0.25) is 0 Å². The molecular weight excluding hydrogens is 352 g/mol. The van der Waals surface area contributed by atoms with Crippen molar-refractivity contribution >= 4 is 32.6 Å². The molecule has 29 heavy (non-hydrogen) atoms. The fourth-order valence-electron chi connectivity index (χ4n) is 4.19. The van der Waals surface area contributed by atoms with Crippen LogP contribution < -0.4 is 0 Å². The quantitative estimate of drug-likeness (QED) is 0.300. The molecule has 6 aromatic rings. The Hall–Kier alpha value is -3.91. The molecule has 2 heteroatoms. The van der Waals surface area contributed by atoms with Gasteiger partial charge in [0, 0.05) is 5.69 Å². The largest absolute Gasteiger partial charge is 0.299 e. The van der Waals surface area contributed by atoms with Crippen molar-refractivity contribution in [2.45, 2.75) is 0 Å². The summed E-state index contributed by atoms with van der Waals surface area (Å²) in [5.41, 5.74) is 5.68. The van der Waals surface area contributed by atoms with Crippen molar-refractivity contribution in [1.29, 1.82) is 0 Å². The van der Waals surface area contributed by atoms with Crippen LogP contribution in [-0.4, -0.2) is 9.55 Å². The van der Waals surface area contributed by atoms with Gasteiger partial charge >= 0.3 is 0 Å². The van der Waals surface area contributed by atoms with Crippen molar-refractivity contribution in [3.05, 3.63) is 109 Å². The third-order valence-electron chi connectivity index (χ3n) is 5.66. The van der Waals surface area contributed by atoms with Gasteiger partial charge in [-0.05, 0) is 63.0 Å². The smallest absolute Gasteiger partial charge is 0.100 e. The molecule has 1 aromatic heterocycles. The number of benzene rings is 5. The van der Waals surface area contributed by atoms with Crippen LogP contribution in [-0.2, 0) is 0 Å². The molecule has 136 valence electrons. The Morgan fingerprint density at radius 2 is 1.34 bits per heavy atom. The molecule has 0 fully saturated rings. The van der Waals surface area contributed by atoms with Crippen molar-refractivity contribution in [2.75, 3.05) is 0 Å². The number of para-hydroxylation sites is 2. The SMILES string of the molecule is c1cc(-c2ccc3c(ccc4ccccc43)c2)cc(-n2cnc3ccccc32)c1. The van der Waals surface area contributed by atoms with Gasteiger partial charge in [-0.3, -0.25) is 4.57 Å². The summed E-state index contributed by atoms with van der Waals surface area (Å²) in [7, 11) is 0. The molecule has 5 aromatic carbocycles. The zero-order valence-corrected chi connectivity index (χ0v) is 15.8. The highest BCUT2D eigenvalue weighted by Gasteiger charge is 2.07. The second kappa shape index (κ2) is 6.32. The number of fused-ring (bicyclic) bond motifs is 4. The van der Waals surface area contributed by atoms with Gasteiger partial charge in [-0.25, -0.2) is 4.98 Å². The number of rotatable bonds is 2. The summed E-state index contributed by atoms with van der Waals surface area (Å²) in [5, 5.41) is 5.14. The van der Waals surface area contributed by atoms with Crippen molar-refractivity contribution in [3.63, 3.8) is 0 Å². The third kappa shape index (κ3) is 2.61. The maximum absolute atomic E-state index is 4.53. The highest BCUT2D eigenvalue weighted by Crippen LogP contribution is 2.31. The summed E-state index contributed by atoms with van der Waals surface area (Å²) in [6.07, 6.45) is 1.90. The first-order valence-electron chi connectivity index (χ1n) is 9.81. The van der Waals surface area contributed by atoms with Crippen molar-refractivity contribution < 1.29 is 0 Å². The van der Waals surface area contributed by atoms with Crippen LogP contribution in [0, 0.1) is 0 Å². The minimum absolute atomic E-state index is 1.01. The fraction of sp³-hybridized carbons (Fsp3) is 0. The summed E-state index contributed by atoms with van der Waals surface area (Å²) >= 11 is 0.